The number of aromatic nitrogens is 2. The lowest BCUT2D eigenvalue weighted by molar-refractivity contribution is -0.137. The number of piperidine rings is 1. The maximum Gasteiger partial charge on any atom is 0.225 e. The standard InChI is InChI=1S/C25H30ClN5O/c1-28-17-20(22-16-21(26)5-6-23(22)28)18-29-10-7-19(8-11-29)25(32)31-14-12-30(13-15-31)24-4-2-3-9-27-24/h2-6,9,16-17,19H,7-8,10-15,18H2,1H3. The Morgan fingerprint density at radius 1 is 1.06 bits per heavy atom. The van der Waals surface area contributed by atoms with E-state index in [0.717, 1.165) is 69.5 Å². The molecule has 1 amide bonds. The van der Waals surface area contributed by atoms with Gasteiger partial charge in [-0.05, 0) is 61.8 Å². The molecule has 0 aliphatic carbocycles. The number of hydrogen-bond donors (Lipinski definition) is 0. The van der Waals surface area contributed by atoms with Crippen LogP contribution in [0.25, 0.3) is 10.9 Å². The van der Waals surface area contributed by atoms with Crippen molar-refractivity contribution in [2.45, 2.75) is 19.4 Å². The number of pyridine rings is 1. The van der Waals surface area contributed by atoms with Crippen LogP contribution in [-0.2, 0) is 18.4 Å². The third kappa shape index (κ3) is 4.34. The second-order valence-electron chi connectivity index (χ2n) is 8.98. The summed E-state index contributed by atoms with van der Waals surface area (Å²) in [5.41, 5.74) is 2.51. The lowest BCUT2D eigenvalue weighted by atomic mass is 9.94. The fourth-order valence-electron chi connectivity index (χ4n) is 5.11. The molecule has 1 aromatic carbocycles. The van der Waals surface area contributed by atoms with Crippen LogP contribution >= 0.6 is 11.6 Å². The monoisotopic (exact) mass is 451 g/mol. The van der Waals surface area contributed by atoms with Gasteiger partial charge in [-0.1, -0.05) is 17.7 Å². The highest BCUT2D eigenvalue weighted by Gasteiger charge is 2.30. The fourth-order valence-corrected chi connectivity index (χ4v) is 5.28. The molecule has 168 valence electrons. The molecule has 4 heterocycles. The zero-order valence-corrected chi connectivity index (χ0v) is 19.3. The number of likely N-dealkylation sites (tertiary alicyclic amines) is 1. The summed E-state index contributed by atoms with van der Waals surface area (Å²) in [7, 11) is 2.08. The van der Waals surface area contributed by atoms with Crippen LogP contribution in [0.5, 0.6) is 0 Å². The number of amides is 1. The highest BCUT2D eigenvalue weighted by atomic mass is 35.5. The minimum Gasteiger partial charge on any atom is -0.353 e. The number of halogens is 1. The average molecular weight is 452 g/mol. The summed E-state index contributed by atoms with van der Waals surface area (Å²) in [5, 5.41) is 2.00. The number of hydrogen-bond acceptors (Lipinski definition) is 4. The van der Waals surface area contributed by atoms with Gasteiger partial charge >= 0.3 is 0 Å². The number of carbonyl (C=O) groups excluding carboxylic acids is 1. The van der Waals surface area contributed by atoms with E-state index in [2.05, 4.69) is 49.6 Å². The summed E-state index contributed by atoms with van der Waals surface area (Å²) in [4.78, 5) is 24.4. The molecular weight excluding hydrogens is 422 g/mol. The number of carbonyl (C=O) groups is 1. The maximum atomic E-state index is 13.1. The van der Waals surface area contributed by atoms with Crippen molar-refractivity contribution in [3.63, 3.8) is 0 Å². The average Bonchev–Trinajstić information content (AvgIpc) is 3.14. The lowest BCUT2D eigenvalue weighted by Crippen LogP contribution is -2.51. The van der Waals surface area contributed by atoms with Gasteiger partial charge in [-0.3, -0.25) is 9.69 Å². The van der Waals surface area contributed by atoms with Crippen LogP contribution in [0, 0.1) is 5.92 Å². The number of rotatable bonds is 4. The van der Waals surface area contributed by atoms with Gasteiger partial charge in [0.05, 0.1) is 0 Å². The summed E-state index contributed by atoms with van der Waals surface area (Å²) in [6.07, 6.45) is 5.91. The number of fused-ring (bicyclic) bond motifs is 1. The van der Waals surface area contributed by atoms with Crippen LogP contribution in [-0.4, -0.2) is 64.5 Å². The summed E-state index contributed by atoms with van der Waals surface area (Å²) in [5.74, 6) is 1.49. The van der Waals surface area contributed by atoms with Crippen LogP contribution in [0.4, 0.5) is 5.82 Å². The molecule has 32 heavy (non-hydrogen) atoms. The van der Waals surface area contributed by atoms with E-state index in [1.807, 2.05) is 30.5 Å². The third-order valence-electron chi connectivity index (χ3n) is 6.93. The highest BCUT2D eigenvalue weighted by molar-refractivity contribution is 6.31. The van der Waals surface area contributed by atoms with Gasteiger partial charge in [0.2, 0.25) is 5.91 Å². The first-order valence-electron chi connectivity index (χ1n) is 11.5. The smallest absolute Gasteiger partial charge is 0.225 e. The molecule has 0 bridgehead atoms. The largest absolute Gasteiger partial charge is 0.353 e. The molecule has 0 saturated carbocycles. The Bertz CT molecular complexity index is 1080. The number of nitrogens with zero attached hydrogens (tertiary/aromatic N) is 5. The van der Waals surface area contributed by atoms with Crippen molar-refractivity contribution in [2.24, 2.45) is 13.0 Å². The molecular formula is C25H30ClN5O. The zero-order valence-electron chi connectivity index (χ0n) is 18.6. The van der Waals surface area contributed by atoms with Gasteiger partial charge in [-0.25, -0.2) is 4.98 Å². The number of benzene rings is 1. The van der Waals surface area contributed by atoms with Gasteiger partial charge in [0.1, 0.15) is 5.82 Å². The third-order valence-corrected chi connectivity index (χ3v) is 7.16. The van der Waals surface area contributed by atoms with Crippen LogP contribution < -0.4 is 4.90 Å². The molecule has 0 N–H and O–H groups in total. The van der Waals surface area contributed by atoms with Crippen LogP contribution in [0.2, 0.25) is 5.02 Å². The Labute approximate surface area is 194 Å². The van der Waals surface area contributed by atoms with Gasteiger partial charge in [0.15, 0.2) is 0 Å². The second kappa shape index (κ2) is 9.12. The predicted octanol–water partition coefficient (Wildman–Crippen LogP) is 3.79. The van der Waals surface area contributed by atoms with E-state index in [1.54, 1.807) is 0 Å². The van der Waals surface area contributed by atoms with Crippen molar-refractivity contribution < 1.29 is 4.79 Å². The molecule has 2 aromatic heterocycles. The van der Waals surface area contributed by atoms with Crippen molar-refractivity contribution >= 4 is 34.2 Å². The van der Waals surface area contributed by atoms with E-state index < -0.39 is 0 Å². The minimum absolute atomic E-state index is 0.148. The van der Waals surface area contributed by atoms with E-state index in [9.17, 15) is 4.79 Å². The molecule has 2 aliphatic rings. The van der Waals surface area contributed by atoms with Gasteiger partial charge in [-0.15, -0.1) is 0 Å². The normalized spacial score (nSPS) is 18.4. The Morgan fingerprint density at radius 3 is 2.56 bits per heavy atom. The molecule has 7 heteroatoms. The van der Waals surface area contributed by atoms with E-state index in [4.69, 9.17) is 11.6 Å². The number of anilines is 1. The maximum absolute atomic E-state index is 13.1. The van der Waals surface area contributed by atoms with E-state index >= 15 is 0 Å². The summed E-state index contributed by atoms with van der Waals surface area (Å²) < 4.78 is 2.17. The first kappa shape index (κ1) is 21.3. The van der Waals surface area contributed by atoms with E-state index in [1.165, 1.54) is 16.5 Å². The summed E-state index contributed by atoms with van der Waals surface area (Å²) in [6.45, 7) is 6.10. The van der Waals surface area contributed by atoms with Crippen molar-refractivity contribution in [1.82, 2.24) is 19.4 Å². The molecule has 0 unspecified atom stereocenters. The molecule has 0 radical (unpaired) electrons. The SMILES string of the molecule is Cn1cc(CN2CCC(C(=O)N3CCN(c4ccccn4)CC3)CC2)c2cc(Cl)ccc21. The van der Waals surface area contributed by atoms with Gasteiger partial charge in [0, 0.05) is 74.0 Å². The summed E-state index contributed by atoms with van der Waals surface area (Å²) >= 11 is 6.24. The fraction of sp³-hybridized carbons (Fsp3) is 0.440. The molecule has 5 rings (SSSR count). The molecule has 6 nitrogen and oxygen atoms in total. The molecule has 0 atom stereocenters. The predicted molar refractivity (Wildman–Crippen MR) is 129 cm³/mol. The quantitative estimate of drug-likeness (QED) is 0.605. The van der Waals surface area contributed by atoms with Crippen molar-refractivity contribution in [1.29, 1.82) is 0 Å². The molecule has 3 aromatic rings. The Hall–Kier alpha value is -2.57. The van der Waals surface area contributed by atoms with Crippen molar-refractivity contribution in [2.75, 3.05) is 44.2 Å². The molecule has 2 aliphatic heterocycles. The van der Waals surface area contributed by atoms with E-state index in [0.29, 0.717) is 5.91 Å². The van der Waals surface area contributed by atoms with Crippen LogP contribution in [0.15, 0.2) is 48.8 Å². The van der Waals surface area contributed by atoms with Crippen LogP contribution in [0.3, 0.4) is 0 Å². The van der Waals surface area contributed by atoms with Crippen molar-refractivity contribution in [3.8, 4) is 0 Å². The summed E-state index contributed by atoms with van der Waals surface area (Å²) in [6, 6.07) is 12.1. The lowest BCUT2D eigenvalue weighted by Gasteiger charge is -2.39. The number of piperazine rings is 1. The zero-order chi connectivity index (χ0) is 22.1. The highest BCUT2D eigenvalue weighted by Crippen LogP contribution is 2.28. The Balaban J connectivity index is 1.14. The van der Waals surface area contributed by atoms with Gasteiger partial charge < -0.3 is 14.4 Å². The molecule has 2 fully saturated rings. The number of aryl methyl sites for hydroxylation is 1. The first-order valence-corrected chi connectivity index (χ1v) is 11.9. The Morgan fingerprint density at radius 2 is 1.84 bits per heavy atom. The second-order valence-corrected chi connectivity index (χ2v) is 9.41. The minimum atomic E-state index is 0.148. The van der Waals surface area contributed by atoms with Crippen molar-refractivity contribution in [3.05, 3.63) is 59.4 Å². The van der Waals surface area contributed by atoms with E-state index in [-0.39, 0.29) is 5.92 Å². The topological polar surface area (TPSA) is 44.6 Å². The van der Waals surface area contributed by atoms with Gasteiger partial charge in [-0.2, -0.15) is 0 Å². The van der Waals surface area contributed by atoms with Crippen LogP contribution in [0.1, 0.15) is 18.4 Å². The first-order chi connectivity index (χ1) is 15.6. The Kier molecular flexibility index (Phi) is 6.07. The molecule has 0 spiro atoms. The molecule has 2 saturated heterocycles. The van der Waals surface area contributed by atoms with Gasteiger partial charge in [0.25, 0.3) is 0 Å².